The Morgan fingerprint density at radius 3 is 2.39 bits per heavy atom. The molecule has 11 nitrogen and oxygen atoms in total. The number of hydrogen-bond acceptors (Lipinski definition) is 9. The van der Waals surface area contributed by atoms with Crippen LogP contribution in [0.4, 0.5) is 0 Å². The highest BCUT2D eigenvalue weighted by Crippen LogP contribution is 2.39. The fourth-order valence-corrected chi connectivity index (χ4v) is 3.36. The number of aromatic nitrogens is 2. The molecule has 3 rings (SSSR count). The van der Waals surface area contributed by atoms with Crippen LogP contribution in [0.1, 0.15) is 28.6 Å². The molecule has 0 aliphatic carbocycles. The van der Waals surface area contributed by atoms with E-state index in [1.54, 1.807) is 6.92 Å². The highest BCUT2D eigenvalue weighted by molar-refractivity contribution is 5.91. The van der Waals surface area contributed by atoms with Crippen LogP contribution in [-0.4, -0.2) is 60.8 Å². The summed E-state index contributed by atoms with van der Waals surface area (Å²) in [6.45, 7) is 1.12. The van der Waals surface area contributed by atoms with Gasteiger partial charge in [0, 0.05) is 18.2 Å². The largest absolute Gasteiger partial charge is 0.493 e. The van der Waals surface area contributed by atoms with Crippen molar-refractivity contribution in [3.63, 3.8) is 0 Å². The van der Waals surface area contributed by atoms with Gasteiger partial charge >= 0.3 is 11.7 Å². The lowest BCUT2D eigenvalue weighted by atomic mass is 10.1. The van der Waals surface area contributed by atoms with Crippen molar-refractivity contribution in [2.45, 2.75) is 31.8 Å². The minimum Gasteiger partial charge on any atom is -0.493 e. The van der Waals surface area contributed by atoms with Gasteiger partial charge in [0.15, 0.2) is 11.5 Å². The average molecular weight is 436 g/mol. The second kappa shape index (κ2) is 9.23. The Morgan fingerprint density at radius 2 is 1.84 bits per heavy atom. The van der Waals surface area contributed by atoms with Gasteiger partial charge in [0.2, 0.25) is 5.75 Å². The van der Waals surface area contributed by atoms with Crippen molar-refractivity contribution in [2.24, 2.45) is 0 Å². The van der Waals surface area contributed by atoms with Gasteiger partial charge in [-0.1, -0.05) is 0 Å². The zero-order valence-electron chi connectivity index (χ0n) is 17.5. The van der Waals surface area contributed by atoms with Crippen molar-refractivity contribution in [3.05, 3.63) is 50.3 Å². The van der Waals surface area contributed by atoms with Gasteiger partial charge in [0.05, 0.1) is 33.5 Å². The molecule has 0 bridgehead atoms. The molecule has 1 aromatic carbocycles. The maximum absolute atomic E-state index is 12.8. The third-order valence-corrected chi connectivity index (χ3v) is 4.98. The summed E-state index contributed by atoms with van der Waals surface area (Å²) in [7, 11) is 4.29. The normalized spacial score (nSPS) is 20.4. The molecular weight excluding hydrogens is 412 g/mol. The lowest BCUT2D eigenvalue weighted by Gasteiger charge is -2.18. The molecule has 1 aliphatic heterocycles. The van der Waals surface area contributed by atoms with Crippen LogP contribution < -0.4 is 25.5 Å². The number of esters is 1. The molecule has 0 amide bonds. The van der Waals surface area contributed by atoms with Crippen molar-refractivity contribution < 1.29 is 33.6 Å². The van der Waals surface area contributed by atoms with Crippen LogP contribution in [0.5, 0.6) is 17.2 Å². The molecule has 0 radical (unpaired) electrons. The minimum absolute atomic E-state index is 0.104. The Kier molecular flexibility index (Phi) is 6.66. The number of aliphatic hydroxyl groups excluding tert-OH is 1. The number of benzene rings is 1. The molecule has 1 saturated heterocycles. The summed E-state index contributed by atoms with van der Waals surface area (Å²) >= 11 is 0. The first kappa shape index (κ1) is 22.4. The van der Waals surface area contributed by atoms with Crippen LogP contribution in [0.2, 0.25) is 0 Å². The van der Waals surface area contributed by atoms with Crippen LogP contribution in [0.15, 0.2) is 27.9 Å². The van der Waals surface area contributed by atoms with Crippen LogP contribution in [0.3, 0.4) is 0 Å². The van der Waals surface area contributed by atoms with Gasteiger partial charge < -0.3 is 28.8 Å². The van der Waals surface area contributed by atoms with Gasteiger partial charge in [-0.15, -0.1) is 0 Å². The number of aromatic amines is 1. The zero-order chi connectivity index (χ0) is 22.7. The van der Waals surface area contributed by atoms with Crippen LogP contribution in [-0.2, 0) is 9.47 Å². The Hall–Kier alpha value is -3.31. The summed E-state index contributed by atoms with van der Waals surface area (Å²) in [5.74, 6) is 0.190. The highest BCUT2D eigenvalue weighted by Gasteiger charge is 2.39. The number of nitrogens with zero attached hydrogens (tertiary/aromatic N) is 1. The highest BCUT2D eigenvalue weighted by atomic mass is 16.6. The average Bonchev–Trinajstić information content (AvgIpc) is 3.17. The molecule has 2 aromatic rings. The van der Waals surface area contributed by atoms with Crippen molar-refractivity contribution in [1.82, 2.24) is 9.55 Å². The summed E-state index contributed by atoms with van der Waals surface area (Å²) in [4.78, 5) is 38.7. The summed E-state index contributed by atoms with van der Waals surface area (Å²) in [6, 6.07) is 2.89. The van der Waals surface area contributed by atoms with Gasteiger partial charge in [-0.05, 0) is 19.1 Å². The van der Waals surface area contributed by atoms with E-state index in [1.807, 2.05) is 0 Å². The SMILES string of the molecule is COc1cc(C(=O)O[C@@H]2C[C@H](n3cc(C)c(=O)[nH]c3=O)O[C@@H]2CO)cc(OC)c1OC. The standard InChI is InChI=1S/C20H24N2O9/c1-10-8-22(20(26)21-18(10)24)16-7-12(15(9-23)30-16)31-19(25)11-5-13(27-2)17(29-4)14(6-11)28-3/h5-6,8,12,15-16,23H,7,9H2,1-4H3,(H,21,24,26)/t12-,15-,16-/m1/s1. The summed E-state index contributed by atoms with van der Waals surface area (Å²) < 4.78 is 28.2. The second-order valence-electron chi connectivity index (χ2n) is 6.88. The van der Waals surface area contributed by atoms with Crippen LogP contribution >= 0.6 is 0 Å². The number of hydrogen-bond donors (Lipinski definition) is 2. The van der Waals surface area contributed by atoms with Gasteiger partial charge in [-0.3, -0.25) is 14.3 Å². The van der Waals surface area contributed by atoms with Gasteiger partial charge in [0.25, 0.3) is 5.56 Å². The fourth-order valence-electron chi connectivity index (χ4n) is 3.36. The van der Waals surface area contributed by atoms with E-state index < -0.39 is 42.3 Å². The molecule has 0 saturated carbocycles. The molecule has 2 heterocycles. The molecule has 2 N–H and O–H groups in total. The van der Waals surface area contributed by atoms with Gasteiger partial charge in [0.1, 0.15) is 18.4 Å². The molecule has 0 unspecified atom stereocenters. The molecular formula is C20H24N2O9. The second-order valence-corrected chi connectivity index (χ2v) is 6.88. The van der Waals surface area contributed by atoms with E-state index in [2.05, 4.69) is 4.98 Å². The zero-order valence-corrected chi connectivity index (χ0v) is 17.5. The van der Waals surface area contributed by atoms with Crippen LogP contribution in [0.25, 0.3) is 0 Å². The van der Waals surface area contributed by atoms with E-state index in [4.69, 9.17) is 23.7 Å². The smallest absolute Gasteiger partial charge is 0.338 e. The van der Waals surface area contributed by atoms with E-state index in [1.165, 1.54) is 44.2 Å². The number of ether oxygens (including phenoxy) is 5. The number of carbonyl (C=O) groups is 1. The quantitative estimate of drug-likeness (QED) is 0.590. The van der Waals surface area contributed by atoms with E-state index in [0.717, 1.165) is 0 Å². The molecule has 1 aliphatic rings. The fraction of sp³-hybridized carbons (Fsp3) is 0.450. The molecule has 11 heteroatoms. The number of methoxy groups -OCH3 is 3. The topological polar surface area (TPSA) is 138 Å². The number of aryl methyl sites for hydroxylation is 1. The van der Waals surface area contributed by atoms with Crippen molar-refractivity contribution in [3.8, 4) is 17.2 Å². The first-order chi connectivity index (χ1) is 14.8. The molecule has 1 fully saturated rings. The first-order valence-corrected chi connectivity index (χ1v) is 9.42. The van der Waals surface area contributed by atoms with E-state index in [-0.39, 0.29) is 23.5 Å². The molecule has 0 spiro atoms. The minimum atomic E-state index is -0.852. The predicted octanol–water partition coefficient (Wildman–Crippen LogP) is 0.376. The van der Waals surface area contributed by atoms with Crippen LogP contribution in [0, 0.1) is 6.92 Å². The lowest BCUT2D eigenvalue weighted by Crippen LogP contribution is -2.33. The Morgan fingerprint density at radius 1 is 1.19 bits per heavy atom. The molecule has 1 aromatic heterocycles. The summed E-state index contributed by atoms with van der Waals surface area (Å²) in [6.07, 6.45) is -1.04. The third kappa shape index (κ3) is 4.42. The monoisotopic (exact) mass is 436 g/mol. The Bertz CT molecular complexity index is 1050. The maximum atomic E-state index is 12.8. The van der Waals surface area contributed by atoms with E-state index in [9.17, 15) is 19.5 Å². The lowest BCUT2D eigenvalue weighted by molar-refractivity contribution is -0.0522. The molecule has 31 heavy (non-hydrogen) atoms. The summed E-state index contributed by atoms with van der Waals surface area (Å²) in [5, 5.41) is 9.67. The Labute approximate surface area is 177 Å². The number of aliphatic hydroxyl groups is 1. The number of carbonyl (C=O) groups excluding carboxylic acids is 1. The van der Waals surface area contributed by atoms with Crippen molar-refractivity contribution in [1.29, 1.82) is 0 Å². The number of rotatable bonds is 7. The molecule has 3 atom stereocenters. The number of H-pyrrole nitrogens is 1. The predicted molar refractivity (Wildman–Crippen MR) is 107 cm³/mol. The van der Waals surface area contributed by atoms with E-state index in [0.29, 0.717) is 11.3 Å². The number of nitrogens with one attached hydrogen (secondary N) is 1. The first-order valence-electron chi connectivity index (χ1n) is 9.42. The van der Waals surface area contributed by atoms with Crippen molar-refractivity contribution in [2.75, 3.05) is 27.9 Å². The maximum Gasteiger partial charge on any atom is 0.338 e. The van der Waals surface area contributed by atoms with Gasteiger partial charge in [-0.25, -0.2) is 9.59 Å². The third-order valence-electron chi connectivity index (χ3n) is 4.98. The molecule has 168 valence electrons. The Balaban J connectivity index is 1.84. The van der Waals surface area contributed by atoms with E-state index >= 15 is 0 Å². The summed E-state index contributed by atoms with van der Waals surface area (Å²) in [5.41, 5.74) is -0.689. The van der Waals surface area contributed by atoms with Gasteiger partial charge in [-0.2, -0.15) is 0 Å². The van der Waals surface area contributed by atoms with Crippen molar-refractivity contribution >= 4 is 5.97 Å².